The number of rotatable bonds is 6. The molecule has 0 aromatic carbocycles. The summed E-state index contributed by atoms with van der Waals surface area (Å²) in [5.41, 5.74) is 1.59. The number of amides is 1. The summed E-state index contributed by atoms with van der Waals surface area (Å²) >= 11 is 7.20. The summed E-state index contributed by atoms with van der Waals surface area (Å²) in [6, 6.07) is 2.82. The molecule has 1 atom stereocenters. The summed E-state index contributed by atoms with van der Waals surface area (Å²) < 4.78 is 10.5. The van der Waals surface area contributed by atoms with Crippen LogP contribution in [0, 0.1) is 0 Å². The van der Waals surface area contributed by atoms with Gasteiger partial charge in [0.15, 0.2) is 6.10 Å². The third kappa shape index (κ3) is 5.83. The fourth-order valence-corrected chi connectivity index (χ4v) is 4.91. The molecule has 2 aromatic rings. The van der Waals surface area contributed by atoms with Crippen molar-refractivity contribution >= 4 is 45.8 Å². The highest BCUT2D eigenvalue weighted by molar-refractivity contribution is 7.17. The van der Waals surface area contributed by atoms with Crippen molar-refractivity contribution < 1.29 is 23.9 Å². The molecule has 1 N–H and O–H groups in total. The third-order valence-electron chi connectivity index (χ3n) is 5.00. The van der Waals surface area contributed by atoms with Crippen molar-refractivity contribution in [3.63, 3.8) is 0 Å². The molecule has 166 valence electrons. The standard InChI is InChI=1S/C22H25ClN2O5S/c1-3-29-22(28)18-15-8-6-4-5-7-9-16(15)31-20(18)25-19(26)13(2)30-21(27)14-10-11-24-17(23)12-14/h10-13H,3-9H2,1-2H3,(H,25,26). The zero-order valence-corrected chi connectivity index (χ0v) is 19.1. The van der Waals surface area contributed by atoms with Crippen LogP contribution < -0.4 is 5.32 Å². The van der Waals surface area contributed by atoms with E-state index in [9.17, 15) is 14.4 Å². The minimum absolute atomic E-state index is 0.154. The molecule has 0 spiro atoms. The molecule has 0 fully saturated rings. The molecule has 1 unspecified atom stereocenters. The van der Waals surface area contributed by atoms with Crippen LogP contribution in [0.1, 0.15) is 70.7 Å². The maximum absolute atomic E-state index is 12.8. The Morgan fingerprint density at radius 2 is 1.94 bits per heavy atom. The maximum Gasteiger partial charge on any atom is 0.341 e. The lowest BCUT2D eigenvalue weighted by atomic mass is 9.96. The first-order chi connectivity index (χ1) is 14.9. The molecule has 0 aliphatic heterocycles. The predicted molar refractivity (Wildman–Crippen MR) is 119 cm³/mol. The summed E-state index contributed by atoms with van der Waals surface area (Å²) in [7, 11) is 0. The third-order valence-corrected chi connectivity index (χ3v) is 6.42. The highest BCUT2D eigenvalue weighted by atomic mass is 35.5. The predicted octanol–water partition coefficient (Wildman–Crippen LogP) is 4.82. The average molecular weight is 465 g/mol. The number of fused-ring (bicyclic) bond motifs is 1. The van der Waals surface area contributed by atoms with Gasteiger partial charge in [-0.1, -0.05) is 24.4 Å². The average Bonchev–Trinajstić information content (AvgIpc) is 3.04. The lowest BCUT2D eigenvalue weighted by Crippen LogP contribution is -2.30. The molecule has 1 aliphatic rings. The number of anilines is 1. The SMILES string of the molecule is CCOC(=O)c1c(NC(=O)C(C)OC(=O)c2ccnc(Cl)c2)sc2c1CCCCCC2. The maximum atomic E-state index is 12.8. The van der Waals surface area contributed by atoms with Gasteiger partial charge in [0.1, 0.15) is 10.2 Å². The van der Waals surface area contributed by atoms with E-state index in [-0.39, 0.29) is 17.3 Å². The van der Waals surface area contributed by atoms with Crippen molar-refractivity contribution in [2.75, 3.05) is 11.9 Å². The van der Waals surface area contributed by atoms with E-state index in [2.05, 4.69) is 10.3 Å². The van der Waals surface area contributed by atoms with Gasteiger partial charge in [0.25, 0.3) is 5.91 Å². The van der Waals surface area contributed by atoms with E-state index in [1.807, 2.05) is 0 Å². The number of aromatic nitrogens is 1. The summed E-state index contributed by atoms with van der Waals surface area (Å²) in [6.07, 6.45) is 6.28. The first kappa shape index (κ1) is 23.2. The Kier molecular flexibility index (Phi) is 8.03. The van der Waals surface area contributed by atoms with Crippen molar-refractivity contribution in [3.05, 3.63) is 45.1 Å². The fraction of sp³-hybridized carbons (Fsp3) is 0.455. The van der Waals surface area contributed by atoms with E-state index >= 15 is 0 Å². The summed E-state index contributed by atoms with van der Waals surface area (Å²) in [5, 5.41) is 3.38. The van der Waals surface area contributed by atoms with E-state index in [1.54, 1.807) is 6.92 Å². The van der Waals surface area contributed by atoms with Gasteiger partial charge in [0, 0.05) is 11.1 Å². The second-order valence-corrected chi connectivity index (χ2v) is 8.74. The van der Waals surface area contributed by atoms with Crippen LogP contribution in [-0.4, -0.2) is 35.5 Å². The highest BCUT2D eigenvalue weighted by Crippen LogP contribution is 2.37. The van der Waals surface area contributed by atoms with Crippen LogP contribution >= 0.6 is 22.9 Å². The van der Waals surface area contributed by atoms with E-state index in [4.69, 9.17) is 21.1 Å². The number of hydrogen-bond donors (Lipinski definition) is 1. The van der Waals surface area contributed by atoms with Gasteiger partial charge in [-0.25, -0.2) is 14.6 Å². The van der Waals surface area contributed by atoms with Gasteiger partial charge in [0.05, 0.1) is 17.7 Å². The zero-order valence-electron chi connectivity index (χ0n) is 17.5. The normalized spacial score (nSPS) is 14.5. The lowest BCUT2D eigenvalue weighted by Gasteiger charge is -2.14. The second kappa shape index (κ2) is 10.7. The Bertz CT molecular complexity index is 975. The van der Waals surface area contributed by atoms with Crippen LogP contribution in [0.25, 0.3) is 0 Å². The number of halogens is 1. The van der Waals surface area contributed by atoms with E-state index in [0.29, 0.717) is 10.6 Å². The number of ether oxygens (including phenoxy) is 2. The van der Waals surface area contributed by atoms with Gasteiger partial charge in [0.2, 0.25) is 0 Å². The van der Waals surface area contributed by atoms with Gasteiger partial charge >= 0.3 is 11.9 Å². The monoisotopic (exact) mass is 464 g/mol. The van der Waals surface area contributed by atoms with Gasteiger partial charge in [-0.15, -0.1) is 11.3 Å². The Morgan fingerprint density at radius 3 is 2.65 bits per heavy atom. The molecule has 31 heavy (non-hydrogen) atoms. The molecule has 2 aromatic heterocycles. The Hall–Kier alpha value is -2.45. The van der Waals surface area contributed by atoms with Crippen LogP contribution in [0.4, 0.5) is 5.00 Å². The van der Waals surface area contributed by atoms with Crippen LogP contribution in [-0.2, 0) is 27.1 Å². The van der Waals surface area contributed by atoms with Crippen LogP contribution in [0.3, 0.4) is 0 Å². The van der Waals surface area contributed by atoms with Gasteiger partial charge < -0.3 is 14.8 Å². The number of thiophene rings is 1. The lowest BCUT2D eigenvalue weighted by molar-refractivity contribution is -0.123. The largest absolute Gasteiger partial charge is 0.462 e. The van der Waals surface area contributed by atoms with Crippen molar-refractivity contribution in [1.82, 2.24) is 4.98 Å². The molecule has 0 radical (unpaired) electrons. The molecule has 3 rings (SSSR count). The van der Waals surface area contributed by atoms with Gasteiger partial charge in [-0.3, -0.25) is 4.79 Å². The molecule has 0 bridgehead atoms. The number of esters is 2. The molecule has 0 saturated carbocycles. The number of nitrogens with zero attached hydrogens (tertiary/aromatic N) is 1. The van der Waals surface area contributed by atoms with E-state index in [1.165, 1.54) is 36.6 Å². The van der Waals surface area contributed by atoms with Gasteiger partial charge in [-0.2, -0.15) is 0 Å². The first-order valence-electron chi connectivity index (χ1n) is 10.4. The Labute approximate surface area is 190 Å². The number of aryl methyl sites for hydroxylation is 1. The van der Waals surface area contributed by atoms with E-state index in [0.717, 1.165) is 49.0 Å². The Balaban J connectivity index is 1.78. The molecule has 1 amide bonds. The molecule has 9 heteroatoms. The molecule has 7 nitrogen and oxygen atoms in total. The molecular formula is C22H25ClN2O5S. The molecule has 2 heterocycles. The minimum atomic E-state index is -1.07. The van der Waals surface area contributed by atoms with Gasteiger partial charge in [-0.05, 0) is 57.2 Å². The van der Waals surface area contributed by atoms with E-state index < -0.39 is 23.9 Å². The van der Waals surface area contributed by atoms with Crippen LogP contribution in [0.2, 0.25) is 5.15 Å². The first-order valence-corrected chi connectivity index (χ1v) is 11.5. The van der Waals surface area contributed by atoms with Crippen molar-refractivity contribution in [1.29, 1.82) is 0 Å². The summed E-state index contributed by atoms with van der Waals surface area (Å²) in [4.78, 5) is 42.6. The highest BCUT2D eigenvalue weighted by Gasteiger charge is 2.28. The topological polar surface area (TPSA) is 94.6 Å². The Morgan fingerprint density at radius 1 is 1.19 bits per heavy atom. The number of pyridine rings is 1. The van der Waals surface area contributed by atoms with Crippen molar-refractivity contribution in [3.8, 4) is 0 Å². The second-order valence-electron chi connectivity index (χ2n) is 7.25. The quantitative estimate of drug-likeness (QED) is 0.486. The number of carbonyl (C=O) groups is 3. The van der Waals surface area contributed by atoms with Crippen molar-refractivity contribution in [2.45, 2.75) is 58.5 Å². The van der Waals surface area contributed by atoms with Crippen LogP contribution in [0.5, 0.6) is 0 Å². The minimum Gasteiger partial charge on any atom is -0.462 e. The summed E-state index contributed by atoms with van der Waals surface area (Å²) in [6.45, 7) is 3.47. The smallest absolute Gasteiger partial charge is 0.341 e. The fourth-order valence-electron chi connectivity index (χ4n) is 3.45. The number of hydrogen-bond acceptors (Lipinski definition) is 7. The van der Waals surface area contributed by atoms with Crippen molar-refractivity contribution in [2.24, 2.45) is 0 Å². The number of nitrogens with one attached hydrogen (secondary N) is 1. The molecule has 1 aliphatic carbocycles. The number of carbonyl (C=O) groups excluding carboxylic acids is 3. The zero-order chi connectivity index (χ0) is 22.4. The molecule has 0 saturated heterocycles. The summed E-state index contributed by atoms with van der Waals surface area (Å²) in [5.74, 6) is -1.64. The van der Waals surface area contributed by atoms with Crippen LogP contribution in [0.15, 0.2) is 18.3 Å². The molecular weight excluding hydrogens is 440 g/mol.